The Labute approximate surface area is 207 Å². The number of amides is 1. The van der Waals surface area contributed by atoms with Gasteiger partial charge in [0.05, 0.1) is 16.7 Å². The van der Waals surface area contributed by atoms with Crippen LogP contribution in [0.25, 0.3) is 10.2 Å². The van der Waals surface area contributed by atoms with Crippen LogP contribution in [0.4, 0.5) is 17.2 Å². The van der Waals surface area contributed by atoms with Gasteiger partial charge in [0.1, 0.15) is 15.5 Å². The minimum atomic E-state index is -0.738. The summed E-state index contributed by atoms with van der Waals surface area (Å²) < 4.78 is 0. The van der Waals surface area contributed by atoms with Gasteiger partial charge in [-0.15, -0.1) is 11.3 Å². The summed E-state index contributed by atoms with van der Waals surface area (Å²) in [6, 6.07) is 8.30. The maximum atomic E-state index is 11.8. The molecule has 1 atom stereocenters. The number of nitrogen functional groups attached to an aromatic ring is 1. The summed E-state index contributed by atoms with van der Waals surface area (Å²) in [5, 5.41) is 25.5. The molecule has 3 aromatic rings. The minimum absolute atomic E-state index is 0.00579. The predicted octanol–water partition coefficient (Wildman–Crippen LogP) is 3.13. The fourth-order valence-electron chi connectivity index (χ4n) is 4.52. The second kappa shape index (κ2) is 10.5. The molecule has 1 aliphatic rings. The van der Waals surface area contributed by atoms with Crippen LogP contribution in [0.15, 0.2) is 30.3 Å². The number of piperidine rings is 1. The Hall–Kier alpha value is -3.28. The van der Waals surface area contributed by atoms with E-state index < -0.39 is 16.9 Å². The number of aromatic nitrogens is 1. The van der Waals surface area contributed by atoms with Crippen molar-refractivity contribution in [2.75, 3.05) is 30.3 Å². The molecule has 1 unspecified atom stereocenters. The van der Waals surface area contributed by atoms with Crippen molar-refractivity contribution >= 4 is 44.7 Å². The molecule has 186 valence electrons. The summed E-state index contributed by atoms with van der Waals surface area (Å²) in [5.74, 6) is 0.347. The van der Waals surface area contributed by atoms with Crippen LogP contribution in [-0.2, 0) is 6.42 Å². The highest BCUT2D eigenvalue weighted by atomic mass is 32.1. The molecule has 6 N–H and O–H groups in total. The van der Waals surface area contributed by atoms with E-state index >= 15 is 0 Å². The summed E-state index contributed by atoms with van der Waals surface area (Å²) in [6.07, 6.45) is 2.81. The lowest BCUT2D eigenvalue weighted by molar-refractivity contribution is -0.384. The molecule has 1 amide bonds. The first-order chi connectivity index (χ1) is 16.8. The van der Waals surface area contributed by atoms with Crippen molar-refractivity contribution in [2.24, 2.45) is 5.73 Å². The summed E-state index contributed by atoms with van der Waals surface area (Å²) in [5.41, 5.74) is 13.9. The number of thiophene rings is 1. The quantitative estimate of drug-likeness (QED) is 0.258. The van der Waals surface area contributed by atoms with E-state index in [1.165, 1.54) is 23.5 Å². The van der Waals surface area contributed by atoms with Gasteiger partial charge in [0, 0.05) is 43.2 Å². The molecule has 0 saturated carbocycles. The zero-order valence-electron chi connectivity index (χ0n) is 19.6. The lowest BCUT2D eigenvalue weighted by atomic mass is 10.0. The number of nitrogens with zero attached hydrogens (tertiary/aromatic N) is 3. The number of carbonyl (C=O) groups excluding carboxylic acids is 1. The van der Waals surface area contributed by atoms with Gasteiger partial charge in [-0.05, 0) is 48.6 Å². The van der Waals surface area contributed by atoms with E-state index in [4.69, 9.17) is 16.5 Å². The van der Waals surface area contributed by atoms with Gasteiger partial charge in [0.25, 0.3) is 11.6 Å². The van der Waals surface area contributed by atoms with Crippen LogP contribution in [0.5, 0.6) is 0 Å². The van der Waals surface area contributed by atoms with Gasteiger partial charge in [-0.2, -0.15) is 0 Å². The number of fused-ring (bicyclic) bond motifs is 1. The lowest BCUT2D eigenvalue weighted by Crippen LogP contribution is -2.44. The van der Waals surface area contributed by atoms with Crippen molar-refractivity contribution in [3.05, 3.63) is 56.5 Å². The number of rotatable bonds is 9. The summed E-state index contributed by atoms with van der Waals surface area (Å²) in [6.45, 7) is 4.08. The molecule has 1 fully saturated rings. The first-order valence-corrected chi connectivity index (χ1v) is 12.5. The second-order valence-corrected chi connectivity index (χ2v) is 9.81. The van der Waals surface area contributed by atoms with Gasteiger partial charge in [0.2, 0.25) is 0 Å². The monoisotopic (exact) mass is 498 g/mol. The standard InChI is InChI=1S/C24H30N6O4S/c1-2-3-15-12-19(28-24-20(15)21(25)22(35-24)23(26)32)29-10-8-16(9-11-29)27-13-18(31)14-4-6-17(7-5-14)30(33)34/h4-7,12,16,18,27,31H,2-3,8-11,13,25H2,1H3,(H2,26,32). The molecular formula is C24H30N6O4S. The summed E-state index contributed by atoms with van der Waals surface area (Å²) in [4.78, 5) is 30.3. The largest absolute Gasteiger partial charge is 0.397 e. The average Bonchev–Trinajstić information content (AvgIpc) is 3.20. The predicted molar refractivity (Wildman–Crippen MR) is 138 cm³/mol. The molecule has 35 heavy (non-hydrogen) atoms. The van der Waals surface area contributed by atoms with E-state index in [1.54, 1.807) is 12.1 Å². The number of primary amides is 1. The normalized spacial score (nSPS) is 15.4. The number of pyridine rings is 1. The van der Waals surface area contributed by atoms with Crippen LogP contribution in [0.1, 0.15) is 53.1 Å². The maximum Gasteiger partial charge on any atom is 0.269 e. The van der Waals surface area contributed by atoms with Crippen LogP contribution in [-0.4, -0.2) is 46.6 Å². The SMILES string of the molecule is CCCc1cc(N2CCC(NCC(O)c3ccc([N+](=O)[O-])cc3)CC2)nc2sc(C(N)=O)c(N)c12. The number of aliphatic hydroxyl groups excluding tert-OH is 1. The van der Waals surface area contributed by atoms with E-state index in [0.717, 1.165) is 60.4 Å². The van der Waals surface area contributed by atoms with Gasteiger partial charge < -0.3 is 26.8 Å². The van der Waals surface area contributed by atoms with Gasteiger partial charge in [-0.1, -0.05) is 13.3 Å². The number of benzene rings is 1. The fourth-order valence-corrected chi connectivity index (χ4v) is 5.51. The van der Waals surface area contributed by atoms with Crippen LogP contribution >= 0.6 is 11.3 Å². The molecule has 4 rings (SSSR count). The van der Waals surface area contributed by atoms with Crippen LogP contribution < -0.4 is 21.7 Å². The van der Waals surface area contributed by atoms with Crippen LogP contribution in [0, 0.1) is 10.1 Å². The molecule has 0 bridgehead atoms. The lowest BCUT2D eigenvalue weighted by Gasteiger charge is -2.34. The fraction of sp³-hybridized carbons (Fsp3) is 0.417. The number of nitrogens with two attached hydrogens (primary N) is 2. The van der Waals surface area contributed by atoms with Gasteiger partial charge in [0.15, 0.2) is 0 Å². The van der Waals surface area contributed by atoms with E-state index in [-0.39, 0.29) is 11.7 Å². The number of aliphatic hydroxyl groups is 1. The first kappa shape index (κ1) is 24.8. The minimum Gasteiger partial charge on any atom is -0.397 e. The molecule has 10 nitrogen and oxygen atoms in total. The molecule has 0 spiro atoms. The first-order valence-electron chi connectivity index (χ1n) is 11.7. The molecule has 0 radical (unpaired) electrons. The number of anilines is 2. The zero-order chi connectivity index (χ0) is 25.1. The number of nitro groups is 1. The number of hydrogen-bond donors (Lipinski definition) is 4. The average molecular weight is 499 g/mol. The molecule has 1 aromatic carbocycles. The Kier molecular flexibility index (Phi) is 7.48. The van der Waals surface area contributed by atoms with Gasteiger partial charge in [-0.25, -0.2) is 4.98 Å². The molecule has 2 aromatic heterocycles. The van der Waals surface area contributed by atoms with Crippen LogP contribution in [0.3, 0.4) is 0 Å². The van der Waals surface area contributed by atoms with Crippen molar-refractivity contribution in [3.63, 3.8) is 0 Å². The third-order valence-electron chi connectivity index (χ3n) is 6.42. The van der Waals surface area contributed by atoms with E-state index in [2.05, 4.69) is 23.2 Å². The van der Waals surface area contributed by atoms with E-state index in [9.17, 15) is 20.0 Å². The third kappa shape index (κ3) is 5.37. The topological polar surface area (TPSA) is 161 Å². The Bertz CT molecular complexity index is 1220. The highest BCUT2D eigenvalue weighted by Gasteiger charge is 2.24. The van der Waals surface area contributed by atoms with Gasteiger partial charge >= 0.3 is 0 Å². The summed E-state index contributed by atoms with van der Waals surface area (Å²) in [7, 11) is 0. The number of non-ortho nitro benzene ring substituents is 1. The highest BCUT2D eigenvalue weighted by Crippen LogP contribution is 2.37. The number of hydrogen-bond acceptors (Lipinski definition) is 9. The zero-order valence-corrected chi connectivity index (χ0v) is 20.4. The molecule has 1 aliphatic heterocycles. The summed E-state index contributed by atoms with van der Waals surface area (Å²) >= 11 is 1.25. The maximum absolute atomic E-state index is 11.8. The van der Waals surface area contributed by atoms with Crippen molar-refractivity contribution in [2.45, 2.75) is 44.8 Å². The van der Waals surface area contributed by atoms with Crippen LogP contribution in [0.2, 0.25) is 0 Å². The number of nitrogens with one attached hydrogen (secondary N) is 1. The second-order valence-electron chi connectivity index (χ2n) is 8.81. The molecular weight excluding hydrogens is 468 g/mol. The van der Waals surface area contributed by atoms with Crippen molar-refractivity contribution in [3.8, 4) is 0 Å². The smallest absolute Gasteiger partial charge is 0.269 e. The van der Waals surface area contributed by atoms with Crippen molar-refractivity contribution in [1.82, 2.24) is 10.3 Å². The number of aryl methyl sites for hydroxylation is 1. The highest BCUT2D eigenvalue weighted by molar-refractivity contribution is 7.21. The third-order valence-corrected chi connectivity index (χ3v) is 7.53. The Morgan fingerprint density at radius 1 is 1.34 bits per heavy atom. The molecule has 11 heteroatoms. The Morgan fingerprint density at radius 3 is 2.63 bits per heavy atom. The van der Waals surface area contributed by atoms with Gasteiger partial charge in [-0.3, -0.25) is 14.9 Å². The number of nitro benzene ring substituents is 1. The van der Waals surface area contributed by atoms with Crippen molar-refractivity contribution < 1.29 is 14.8 Å². The molecule has 3 heterocycles. The Balaban J connectivity index is 1.39. The van der Waals surface area contributed by atoms with E-state index in [1.807, 2.05) is 0 Å². The van der Waals surface area contributed by atoms with Crippen molar-refractivity contribution in [1.29, 1.82) is 0 Å². The Morgan fingerprint density at radius 2 is 2.03 bits per heavy atom. The number of carbonyl (C=O) groups is 1. The molecule has 0 aliphatic carbocycles. The molecule has 1 saturated heterocycles. The van der Waals surface area contributed by atoms with E-state index in [0.29, 0.717) is 22.7 Å².